The van der Waals surface area contributed by atoms with Gasteiger partial charge in [-0.25, -0.2) is 8.42 Å². The Morgan fingerprint density at radius 1 is 1.27 bits per heavy atom. The van der Waals surface area contributed by atoms with Crippen molar-refractivity contribution in [3.8, 4) is 0 Å². The van der Waals surface area contributed by atoms with E-state index in [1.54, 1.807) is 11.8 Å². The van der Waals surface area contributed by atoms with Crippen LogP contribution in [0.2, 0.25) is 0 Å². The largest absolute Gasteiger partial charge is 0.338 e. The fourth-order valence-corrected chi connectivity index (χ4v) is 5.06. The molecule has 0 bridgehead atoms. The van der Waals surface area contributed by atoms with Gasteiger partial charge in [0.15, 0.2) is 9.84 Å². The van der Waals surface area contributed by atoms with Crippen molar-refractivity contribution < 1.29 is 13.2 Å². The summed E-state index contributed by atoms with van der Waals surface area (Å²) >= 11 is 0. The van der Waals surface area contributed by atoms with E-state index in [1.807, 2.05) is 6.92 Å². The molecule has 0 saturated carbocycles. The molecule has 3 atom stereocenters. The molecule has 7 heteroatoms. The van der Waals surface area contributed by atoms with Crippen molar-refractivity contribution in [1.29, 1.82) is 0 Å². The van der Waals surface area contributed by atoms with E-state index in [1.165, 1.54) is 0 Å². The maximum atomic E-state index is 12.5. The van der Waals surface area contributed by atoms with Gasteiger partial charge < -0.3 is 10.2 Å². The molecule has 0 aromatic carbocycles. The van der Waals surface area contributed by atoms with E-state index in [-0.39, 0.29) is 30.1 Å². The minimum absolute atomic E-state index is 0. The highest BCUT2D eigenvalue weighted by Gasteiger charge is 2.38. The second kappa shape index (κ2) is 7.97. The number of nitrogens with zero attached hydrogens (tertiary/aromatic N) is 1. The molecular weight excluding hydrogens is 324 g/mol. The second-order valence-electron chi connectivity index (χ2n) is 6.67. The lowest BCUT2D eigenvalue weighted by molar-refractivity contribution is -0.134. The minimum Gasteiger partial charge on any atom is -0.338 e. The van der Waals surface area contributed by atoms with Crippen LogP contribution in [0, 0.1) is 11.8 Å². The summed E-state index contributed by atoms with van der Waals surface area (Å²) in [5.74, 6) is 1.21. The van der Waals surface area contributed by atoms with E-state index >= 15 is 0 Å². The van der Waals surface area contributed by atoms with Crippen molar-refractivity contribution in [2.24, 2.45) is 11.8 Å². The fraction of sp³-hybridized carbons (Fsp3) is 0.933. The Labute approximate surface area is 140 Å². The van der Waals surface area contributed by atoms with Crippen LogP contribution in [0.25, 0.3) is 0 Å². The van der Waals surface area contributed by atoms with E-state index in [2.05, 4.69) is 12.2 Å². The lowest BCUT2D eigenvalue weighted by Crippen LogP contribution is -2.54. The molecule has 0 aromatic heterocycles. The monoisotopic (exact) mass is 352 g/mol. The predicted molar refractivity (Wildman–Crippen MR) is 91.0 cm³/mol. The van der Waals surface area contributed by atoms with E-state index in [4.69, 9.17) is 0 Å². The molecule has 2 rings (SSSR count). The molecule has 2 aliphatic heterocycles. The number of hydrogen-bond donors (Lipinski definition) is 1. The van der Waals surface area contributed by atoms with Gasteiger partial charge in [-0.3, -0.25) is 4.79 Å². The van der Waals surface area contributed by atoms with Crippen LogP contribution in [0.3, 0.4) is 0 Å². The number of amides is 1. The summed E-state index contributed by atoms with van der Waals surface area (Å²) in [7, 11) is -3.03. The summed E-state index contributed by atoms with van der Waals surface area (Å²) < 4.78 is 23.8. The van der Waals surface area contributed by atoms with Gasteiger partial charge in [-0.05, 0) is 51.6 Å². The molecule has 1 amide bonds. The highest BCUT2D eigenvalue weighted by atomic mass is 35.5. The third-order valence-corrected chi connectivity index (χ3v) is 7.64. The maximum Gasteiger partial charge on any atom is 0.223 e. The van der Waals surface area contributed by atoms with Crippen LogP contribution in [0.15, 0.2) is 0 Å². The molecule has 3 unspecified atom stereocenters. The van der Waals surface area contributed by atoms with Crippen molar-refractivity contribution in [3.63, 3.8) is 0 Å². The fourth-order valence-electron chi connectivity index (χ4n) is 3.49. The third-order valence-electron chi connectivity index (χ3n) is 5.36. The third kappa shape index (κ3) is 4.36. The molecule has 2 heterocycles. The Kier molecular flexibility index (Phi) is 7.15. The van der Waals surface area contributed by atoms with Crippen molar-refractivity contribution in [2.45, 2.75) is 51.3 Å². The van der Waals surface area contributed by atoms with E-state index < -0.39 is 15.1 Å². The van der Waals surface area contributed by atoms with Crippen molar-refractivity contribution in [3.05, 3.63) is 0 Å². The van der Waals surface area contributed by atoms with E-state index in [9.17, 15) is 13.2 Å². The lowest BCUT2D eigenvalue weighted by Gasteiger charge is -2.38. The molecule has 0 radical (unpaired) electrons. The lowest BCUT2D eigenvalue weighted by atomic mass is 9.84. The van der Waals surface area contributed by atoms with Crippen LogP contribution < -0.4 is 5.32 Å². The minimum atomic E-state index is -3.03. The van der Waals surface area contributed by atoms with Crippen molar-refractivity contribution in [1.82, 2.24) is 10.2 Å². The number of nitrogens with one attached hydrogen (secondary N) is 1. The summed E-state index contributed by atoms with van der Waals surface area (Å²) in [6.45, 7) is 8.16. The SMILES string of the molecule is CC(CC(=O)N1CCS(=O)(=O)C(C)C1C)C1CCNCC1.Cl. The Morgan fingerprint density at radius 3 is 2.45 bits per heavy atom. The normalized spacial score (nSPS) is 30.4. The predicted octanol–water partition coefficient (Wildman–Crippen LogP) is 1.47. The molecule has 0 spiro atoms. The average molecular weight is 353 g/mol. The molecule has 1 N–H and O–H groups in total. The number of carbonyl (C=O) groups is 1. The first-order chi connectivity index (χ1) is 9.83. The van der Waals surface area contributed by atoms with Gasteiger partial charge in [0, 0.05) is 19.0 Å². The molecule has 5 nitrogen and oxygen atoms in total. The van der Waals surface area contributed by atoms with Gasteiger partial charge in [-0.1, -0.05) is 6.92 Å². The van der Waals surface area contributed by atoms with Crippen LogP contribution in [-0.2, 0) is 14.6 Å². The molecule has 2 saturated heterocycles. The zero-order valence-corrected chi connectivity index (χ0v) is 15.4. The summed E-state index contributed by atoms with van der Waals surface area (Å²) in [6.07, 6.45) is 2.81. The first-order valence-corrected chi connectivity index (χ1v) is 9.76. The number of carbonyl (C=O) groups excluding carboxylic acids is 1. The molecule has 0 aliphatic carbocycles. The van der Waals surface area contributed by atoms with Crippen LogP contribution in [-0.4, -0.2) is 55.9 Å². The first-order valence-electron chi connectivity index (χ1n) is 8.04. The van der Waals surface area contributed by atoms with Crippen LogP contribution in [0.4, 0.5) is 0 Å². The number of hydrogen-bond acceptors (Lipinski definition) is 4. The van der Waals surface area contributed by atoms with E-state index in [0.29, 0.717) is 24.8 Å². The van der Waals surface area contributed by atoms with Gasteiger partial charge in [-0.15, -0.1) is 12.4 Å². The smallest absolute Gasteiger partial charge is 0.223 e. The Bertz CT molecular complexity index is 477. The van der Waals surface area contributed by atoms with Crippen LogP contribution >= 0.6 is 12.4 Å². The van der Waals surface area contributed by atoms with Gasteiger partial charge in [0.1, 0.15) is 0 Å². The zero-order chi connectivity index (χ0) is 15.6. The van der Waals surface area contributed by atoms with Crippen molar-refractivity contribution in [2.75, 3.05) is 25.4 Å². The van der Waals surface area contributed by atoms with Gasteiger partial charge in [0.25, 0.3) is 0 Å². The first kappa shape index (κ1) is 19.7. The topological polar surface area (TPSA) is 66.5 Å². The Hall–Kier alpha value is -0.330. The summed E-state index contributed by atoms with van der Waals surface area (Å²) in [4.78, 5) is 14.3. The maximum absolute atomic E-state index is 12.5. The Balaban J connectivity index is 0.00000242. The highest BCUT2D eigenvalue weighted by molar-refractivity contribution is 7.92. The average Bonchev–Trinajstić information content (AvgIpc) is 2.45. The van der Waals surface area contributed by atoms with Crippen LogP contribution in [0.5, 0.6) is 0 Å². The number of rotatable bonds is 3. The summed E-state index contributed by atoms with van der Waals surface area (Å²) in [5, 5.41) is 2.89. The Morgan fingerprint density at radius 2 is 1.86 bits per heavy atom. The van der Waals surface area contributed by atoms with Gasteiger partial charge in [-0.2, -0.15) is 0 Å². The van der Waals surface area contributed by atoms with Crippen molar-refractivity contribution >= 4 is 28.2 Å². The molecule has 130 valence electrons. The molecule has 0 aromatic rings. The van der Waals surface area contributed by atoms with Crippen LogP contribution in [0.1, 0.15) is 40.0 Å². The number of sulfone groups is 1. The highest BCUT2D eigenvalue weighted by Crippen LogP contribution is 2.27. The summed E-state index contributed by atoms with van der Waals surface area (Å²) in [6, 6.07) is -0.212. The number of halogens is 1. The molecule has 22 heavy (non-hydrogen) atoms. The molecular formula is C15H29ClN2O3S. The quantitative estimate of drug-likeness (QED) is 0.835. The van der Waals surface area contributed by atoms with Gasteiger partial charge in [0.2, 0.25) is 5.91 Å². The molecule has 2 aliphatic rings. The second-order valence-corrected chi connectivity index (χ2v) is 9.15. The van der Waals surface area contributed by atoms with E-state index in [0.717, 1.165) is 25.9 Å². The summed E-state index contributed by atoms with van der Waals surface area (Å²) in [5.41, 5.74) is 0. The number of piperidine rings is 1. The molecule has 2 fully saturated rings. The standard InChI is InChI=1S/C15H28N2O3S.ClH/c1-11(14-4-6-16-7-5-14)10-15(18)17-8-9-21(19,20)13(3)12(17)2;/h11-14,16H,4-10H2,1-3H3;1H. The van der Waals surface area contributed by atoms with Gasteiger partial charge >= 0.3 is 0 Å². The zero-order valence-electron chi connectivity index (χ0n) is 13.7. The van der Waals surface area contributed by atoms with Gasteiger partial charge in [0.05, 0.1) is 11.0 Å².